The van der Waals surface area contributed by atoms with Crippen LogP contribution in [0.4, 0.5) is 34.1 Å². The molecule has 0 radical (unpaired) electrons. The molecule has 0 aliphatic heterocycles. The van der Waals surface area contributed by atoms with E-state index in [1.165, 1.54) is 36.4 Å². The fraction of sp³-hybridized carbons (Fsp3) is 0.125. The van der Waals surface area contributed by atoms with E-state index in [1.54, 1.807) is 0 Å². The van der Waals surface area contributed by atoms with E-state index in [0.29, 0.717) is 0 Å². The molecular weight excluding hydrogens is 575 g/mol. The van der Waals surface area contributed by atoms with Gasteiger partial charge in [-0.1, -0.05) is 0 Å². The first kappa shape index (κ1) is 31.3. The number of hydrogen-bond donors (Lipinski definition) is 3. The Hall–Kier alpha value is -6.27. The van der Waals surface area contributed by atoms with Crippen LogP contribution >= 0.6 is 0 Å². The number of nitrogens with one attached hydrogen (secondary N) is 3. The number of nitro groups is 3. The summed E-state index contributed by atoms with van der Waals surface area (Å²) in [7, 11) is -1.87. The van der Waals surface area contributed by atoms with Crippen LogP contribution in [0.3, 0.4) is 0 Å². The van der Waals surface area contributed by atoms with Crippen molar-refractivity contribution < 1.29 is 43.1 Å². The minimum Gasteiger partial charge on any atom is -0.489 e. The third-order valence-corrected chi connectivity index (χ3v) is 5.13. The lowest BCUT2D eigenvalue weighted by molar-refractivity contribution is -0.384. The van der Waals surface area contributed by atoms with Crippen LogP contribution in [-0.2, 0) is 14.4 Å². The van der Waals surface area contributed by atoms with E-state index in [1.807, 2.05) is 0 Å². The van der Waals surface area contributed by atoms with Gasteiger partial charge in [-0.15, -0.1) is 0 Å². The van der Waals surface area contributed by atoms with Crippen molar-refractivity contribution >= 4 is 59.2 Å². The molecule has 0 aliphatic carbocycles. The van der Waals surface area contributed by atoms with Gasteiger partial charge in [0.1, 0.15) is 34.3 Å². The summed E-state index contributed by atoms with van der Waals surface area (Å²) in [5, 5.41) is 41.7. The van der Waals surface area contributed by atoms with Gasteiger partial charge < -0.3 is 29.9 Å². The summed E-state index contributed by atoms with van der Waals surface area (Å²) in [6.07, 6.45) is 0. The van der Waals surface area contributed by atoms with Crippen LogP contribution in [0, 0.1) is 30.3 Å². The van der Waals surface area contributed by atoms with Crippen LogP contribution < -0.4 is 29.9 Å². The minimum absolute atomic E-state index is 0.142. The maximum Gasteiger partial charge on any atom is 0.864 e. The Balaban J connectivity index is 2.03. The summed E-state index contributed by atoms with van der Waals surface area (Å²) in [5.41, 5.74) is -2.10. The standard InChI is InChI=1S/C24H21BN6O12/c1-13(32)26-19-7-4-16(10-22(19)29(35)36)41-25(42-17-5-8-20(27-14(2)33)23(11-17)30(37)38)43-18-6-9-21(28-15(3)34)24(12-18)31(39)40/h4-12H,1-3H3,(H,26,32)(H,27,33)(H,28,34). The molecule has 3 amide bonds. The molecule has 3 N–H and O–H groups in total. The number of nitro benzene ring substituents is 3. The molecule has 19 heteroatoms. The summed E-state index contributed by atoms with van der Waals surface area (Å²) < 4.78 is 16.9. The molecule has 3 aromatic carbocycles. The van der Waals surface area contributed by atoms with Gasteiger partial charge in [0, 0.05) is 20.8 Å². The van der Waals surface area contributed by atoms with Crippen molar-refractivity contribution in [3.8, 4) is 17.2 Å². The van der Waals surface area contributed by atoms with Gasteiger partial charge in [-0.2, -0.15) is 0 Å². The fourth-order valence-corrected chi connectivity index (χ4v) is 3.50. The molecule has 0 aromatic heterocycles. The van der Waals surface area contributed by atoms with Crippen LogP contribution in [0.5, 0.6) is 17.2 Å². The summed E-state index contributed by atoms with van der Waals surface area (Å²) >= 11 is 0. The Kier molecular flexibility index (Phi) is 9.74. The largest absolute Gasteiger partial charge is 0.864 e. The molecule has 0 bridgehead atoms. The highest BCUT2D eigenvalue weighted by atomic mass is 16.7. The number of anilines is 3. The Bertz CT molecular complexity index is 1440. The van der Waals surface area contributed by atoms with E-state index in [4.69, 9.17) is 14.0 Å². The molecule has 0 aliphatic rings. The van der Waals surface area contributed by atoms with Crippen LogP contribution in [-0.4, -0.2) is 39.8 Å². The van der Waals surface area contributed by atoms with Crippen molar-refractivity contribution in [3.05, 3.63) is 84.9 Å². The quantitative estimate of drug-likeness (QED) is 0.153. The summed E-state index contributed by atoms with van der Waals surface area (Å²) in [5.74, 6) is -2.39. The monoisotopic (exact) mass is 596 g/mol. The molecule has 43 heavy (non-hydrogen) atoms. The fourth-order valence-electron chi connectivity index (χ4n) is 3.50. The van der Waals surface area contributed by atoms with E-state index in [-0.39, 0.29) is 34.3 Å². The molecule has 3 aromatic rings. The van der Waals surface area contributed by atoms with Gasteiger partial charge in [-0.25, -0.2) is 0 Å². The first-order chi connectivity index (χ1) is 20.2. The summed E-state index contributed by atoms with van der Waals surface area (Å²) in [6.45, 7) is 3.45. The first-order valence-corrected chi connectivity index (χ1v) is 11.9. The van der Waals surface area contributed by atoms with Gasteiger partial charge in [0.05, 0.1) is 33.0 Å². The third kappa shape index (κ3) is 8.61. The molecule has 0 saturated carbocycles. The lowest BCUT2D eigenvalue weighted by Crippen LogP contribution is -2.37. The second-order valence-electron chi connectivity index (χ2n) is 8.49. The van der Waals surface area contributed by atoms with Gasteiger partial charge >= 0.3 is 7.32 Å². The van der Waals surface area contributed by atoms with Crippen molar-refractivity contribution in [3.63, 3.8) is 0 Å². The molecule has 0 fully saturated rings. The van der Waals surface area contributed by atoms with Crippen molar-refractivity contribution in [2.45, 2.75) is 20.8 Å². The highest BCUT2D eigenvalue weighted by Gasteiger charge is 2.33. The topological polar surface area (TPSA) is 244 Å². The zero-order valence-corrected chi connectivity index (χ0v) is 22.5. The molecule has 18 nitrogen and oxygen atoms in total. The Morgan fingerprint density at radius 2 is 0.814 bits per heavy atom. The van der Waals surface area contributed by atoms with Gasteiger partial charge in [-0.05, 0) is 36.4 Å². The third-order valence-electron chi connectivity index (χ3n) is 5.13. The molecule has 0 heterocycles. The second-order valence-corrected chi connectivity index (χ2v) is 8.49. The van der Waals surface area contributed by atoms with Gasteiger partial charge in [-0.3, -0.25) is 44.7 Å². The van der Waals surface area contributed by atoms with Crippen molar-refractivity contribution in [1.29, 1.82) is 0 Å². The Labute approximate surface area is 241 Å². The molecule has 0 saturated heterocycles. The molecule has 222 valence electrons. The highest BCUT2D eigenvalue weighted by Crippen LogP contribution is 2.33. The van der Waals surface area contributed by atoms with Crippen molar-refractivity contribution in [1.82, 2.24) is 0 Å². The lowest BCUT2D eigenvalue weighted by atomic mass is 10.1. The van der Waals surface area contributed by atoms with Crippen LogP contribution in [0.25, 0.3) is 0 Å². The minimum atomic E-state index is -1.87. The van der Waals surface area contributed by atoms with Crippen LogP contribution in [0.15, 0.2) is 54.6 Å². The highest BCUT2D eigenvalue weighted by molar-refractivity contribution is 6.39. The average Bonchev–Trinajstić information content (AvgIpc) is 2.90. The normalized spacial score (nSPS) is 10.1. The molecular formula is C24H21BN6O12. The second kappa shape index (κ2) is 13.4. The lowest BCUT2D eigenvalue weighted by Gasteiger charge is -2.17. The predicted molar refractivity (Wildman–Crippen MR) is 150 cm³/mol. The molecule has 3 rings (SSSR count). The van der Waals surface area contributed by atoms with Crippen molar-refractivity contribution in [2.24, 2.45) is 0 Å². The number of carbonyl (C=O) groups is 3. The van der Waals surface area contributed by atoms with E-state index < -0.39 is 56.9 Å². The van der Waals surface area contributed by atoms with Gasteiger partial charge in [0.15, 0.2) is 0 Å². The van der Waals surface area contributed by atoms with E-state index >= 15 is 0 Å². The number of rotatable bonds is 12. The molecule has 0 unspecified atom stereocenters. The Morgan fingerprint density at radius 1 is 0.558 bits per heavy atom. The van der Waals surface area contributed by atoms with E-state index in [2.05, 4.69) is 16.0 Å². The predicted octanol–water partition coefficient (Wildman–Crippen LogP) is 3.81. The number of amides is 3. The SMILES string of the molecule is CC(=O)Nc1ccc(OB(Oc2ccc(NC(C)=O)c([N+](=O)[O-])c2)Oc2ccc(NC(C)=O)c([N+](=O)[O-])c2)cc1[N+](=O)[O-]. The van der Waals surface area contributed by atoms with Crippen LogP contribution in [0.1, 0.15) is 20.8 Å². The summed E-state index contributed by atoms with van der Waals surface area (Å²) in [4.78, 5) is 66.7. The Morgan fingerprint density at radius 3 is 1.02 bits per heavy atom. The summed E-state index contributed by atoms with van der Waals surface area (Å²) in [6, 6.07) is 10.0. The maximum absolute atomic E-state index is 11.6. The number of carbonyl (C=O) groups excluding carboxylic acids is 3. The maximum atomic E-state index is 11.6. The van der Waals surface area contributed by atoms with E-state index in [0.717, 1.165) is 39.0 Å². The first-order valence-electron chi connectivity index (χ1n) is 11.9. The smallest absolute Gasteiger partial charge is 0.489 e. The van der Waals surface area contributed by atoms with Gasteiger partial charge in [0.25, 0.3) is 17.1 Å². The van der Waals surface area contributed by atoms with E-state index in [9.17, 15) is 44.7 Å². The molecule has 0 atom stereocenters. The van der Waals surface area contributed by atoms with Crippen LogP contribution in [0.2, 0.25) is 0 Å². The van der Waals surface area contributed by atoms with Crippen molar-refractivity contribution in [2.75, 3.05) is 16.0 Å². The average molecular weight is 596 g/mol. The number of hydrogen-bond acceptors (Lipinski definition) is 12. The number of benzene rings is 3. The zero-order valence-electron chi connectivity index (χ0n) is 22.5. The molecule has 0 spiro atoms. The number of nitrogens with zero attached hydrogens (tertiary/aromatic N) is 3. The zero-order chi connectivity index (χ0) is 31.8. The van der Waals surface area contributed by atoms with Gasteiger partial charge in [0.2, 0.25) is 17.7 Å².